The molecule has 4 heteroatoms. The molecular weight excluding hydrogens is 264 g/mol. The largest absolute Gasteiger partial charge is 0.364 e. The van der Waals surface area contributed by atoms with Gasteiger partial charge in [-0.3, -0.25) is 9.69 Å². The Kier molecular flexibility index (Phi) is 6.21. The van der Waals surface area contributed by atoms with Crippen LogP contribution in [0.2, 0.25) is 0 Å². The van der Waals surface area contributed by atoms with Gasteiger partial charge in [0.2, 0.25) is 5.91 Å². The highest BCUT2D eigenvalue weighted by molar-refractivity contribution is 5.80. The van der Waals surface area contributed by atoms with Crippen molar-refractivity contribution in [3.8, 4) is 0 Å². The van der Waals surface area contributed by atoms with E-state index in [2.05, 4.69) is 17.1 Å². The van der Waals surface area contributed by atoms with E-state index >= 15 is 0 Å². The zero-order valence-electron chi connectivity index (χ0n) is 13.0. The molecule has 116 valence electrons. The van der Waals surface area contributed by atoms with Gasteiger partial charge in [0.1, 0.15) is 6.10 Å². The fourth-order valence-electron chi connectivity index (χ4n) is 2.57. The smallest absolute Gasteiger partial charge is 0.248 e. The summed E-state index contributed by atoms with van der Waals surface area (Å²) in [6.45, 7) is 7.43. The van der Waals surface area contributed by atoms with Crippen molar-refractivity contribution in [2.24, 2.45) is 0 Å². The average Bonchev–Trinajstić information content (AvgIpc) is 3.05. The quantitative estimate of drug-likeness (QED) is 0.837. The highest BCUT2D eigenvalue weighted by Crippen LogP contribution is 2.11. The van der Waals surface area contributed by atoms with Crippen LogP contribution in [-0.2, 0) is 16.1 Å². The molecule has 1 amide bonds. The minimum atomic E-state index is -0.420. The summed E-state index contributed by atoms with van der Waals surface area (Å²) in [7, 11) is 0. The van der Waals surface area contributed by atoms with Crippen molar-refractivity contribution < 1.29 is 9.53 Å². The molecule has 1 heterocycles. The minimum absolute atomic E-state index is 0.0306. The predicted molar refractivity (Wildman–Crippen MR) is 84.0 cm³/mol. The van der Waals surface area contributed by atoms with Crippen LogP contribution in [0.15, 0.2) is 30.3 Å². The van der Waals surface area contributed by atoms with Crippen molar-refractivity contribution in [2.75, 3.05) is 19.6 Å². The molecule has 0 saturated carbocycles. The van der Waals surface area contributed by atoms with E-state index in [9.17, 15) is 4.79 Å². The lowest BCUT2D eigenvalue weighted by atomic mass is 10.2. The van der Waals surface area contributed by atoms with E-state index in [0.717, 1.165) is 18.7 Å². The number of hydrogen-bond acceptors (Lipinski definition) is 3. The van der Waals surface area contributed by atoms with Gasteiger partial charge in [-0.05, 0) is 45.3 Å². The highest BCUT2D eigenvalue weighted by atomic mass is 16.5. The van der Waals surface area contributed by atoms with Gasteiger partial charge in [0.15, 0.2) is 0 Å². The summed E-state index contributed by atoms with van der Waals surface area (Å²) in [6, 6.07) is 10.3. The second-order valence-corrected chi connectivity index (χ2v) is 5.78. The number of carbonyl (C=O) groups is 1. The van der Waals surface area contributed by atoms with Crippen molar-refractivity contribution >= 4 is 5.91 Å². The molecule has 2 atom stereocenters. The Balaban J connectivity index is 1.67. The van der Waals surface area contributed by atoms with Gasteiger partial charge in [0.05, 0.1) is 6.61 Å². The number of rotatable bonds is 7. The predicted octanol–water partition coefficient (Wildman–Crippen LogP) is 2.19. The standard InChI is InChI=1S/C17H26N2O2/c1-14(19-10-6-7-11-19)12-18-17(20)15(2)21-13-16-8-4-3-5-9-16/h3-5,8-9,14-15H,6-7,10-13H2,1-2H3,(H,18,20). The maximum atomic E-state index is 12.0. The molecule has 1 saturated heterocycles. The van der Waals surface area contributed by atoms with E-state index in [1.807, 2.05) is 30.3 Å². The van der Waals surface area contributed by atoms with Crippen LogP contribution < -0.4 is 5.32 Å². The molecule has 2 rings (SSSR count). The summed E-state index contributed by atoms with van der Waals surface area (Å²) in [5.41, 5.74) is 1.09. The van der Waals surface area contributed by atoms with Gasteiger partial charge in [-0.25, -0.2) is 0 Å². The molecule has 21 heavy (non-hydrogen) atoms. The fraction of sp³-hybridized carbons (Fsp3) is 0.588. The summed E-state index contributed by atoms with van der Waals surface area (Å²) in [6.07, 6.45) is 2.13. The molecular formula is C17H26N2O2. The van der Waals surface area contributed by atoms with Crippen LogP contribution in [-0.4, -0.2) is 42.6 Å². The number of amides is 1. The molecule has 1 aliphatic rings. The molecule has 1 fully saturated rings. The van der Waals surface area contributed by atoms with Crippen molar-refractivity contribution in [1.29, 1.82) is 0 Å². The topological polar surface area (TPSA) is 41.6 Å². The molecule has 1 aliphatic heterocycles. The van der Waals surface area contributed by atoms with E-state index < -0.39 is 6.10 Å². The third-order valence-corrected chi connectivity index (χ3v) is 4.05. The molecule has 0 bridgehead atoms. The van der Waals surface area contributed by atoms with Gasteiger partial charge in [-0.1, -0.05) is 30.3 Å². The molecule has 1 aromatic carbocycles. The molecule has 1 aromatic rings. The molecule has 0 radical (unpaired) electrons. The Morgan fingerprint density at radius 1 is 1.24 bits per heavy atom. The maximum Gasteiger partial charge on any atom is 0.248 e. The summed E-state index contributed by atoms with van der Waals surface area (Å²) >= 11 is 0. The monoisotopic (exact) mass is 290 g/mol. The van der Waals surface area contributed by atoms with Gasteiger partial charge < -0.3 is 10.1 Å². The second-order valence-electron chi connectivity index (χ2n) is 5.78. The number of benzene rings is 1. The van der Waals surface area contributed by atoms with Crippen LogP contribution in [0.5, 0.6) is 0 Å². The first kappa shape index (κ1) is 16.0. The highest BCUT2D eigenvalue weighted by Gasteiger charge is 2.20. The first-order chi connectivity index (χ1) is 10.2. The second kappa shape index (κ2) is 8.15. The summed E-state index contributed by atoms with van der Waals surface area (Å²) in [4.78, 5) is 14.5. The lowest BCUT2D eigenvalue weighted by molar-refractivity contribution is -0.132. The first-order valence-corrected chi connectivity index (χ1v) is 7.84. The fourth-order valence-corrected chi connectivity index (χ4v) is 2.57. The third kappa shape index (κ3) is 5.14. The van der Waals surface area contributed by atoms with Gasteiger partial charge in [-0.2, -0.15) is 0 Å². The van der Waals surface area contributed by atoms with Crippen LogP contribution in [0.25, 0.3) is 0 Å². The first-order valence-electron chi connectivity index (χ1n) is 7.84. The van der Waals surface area contributed by atoms with Crippen LogP contribution in [0, 0.1) is 0 Å². The molecule has 4 nitrogen and oxygen atoms in total. The number of nitrogens with zero attached hydrogens (tertiary/aromatic N) is 1. The molecule has 2 unspecified atom stereocenters. The Bertz CT molecular complexity index is 430. The van der Waals surface area contributed by atoms with E-state index in [0.29, 0.717) is 19.2 Å². The lowest BCUT2D eigenvalue weighted by Crippen LogP contribution is -2.43. The zero-order chi connectivity index (χ0) is 15.1. The Morgan fingerprint density at radius 2 is 1.90 bits per heavy atom. The Morgan fingerprint density at radius 3 is 2.57 bits per heavy atom. The third-order valence-electron chi connectivity index (χ3n) is 4.05. The minimum Gasteiger partial charge on any atom is -0.364 e. The van der Waals surface area contributed by atoms with Crippen molar-refractivity contribution in [3.05, 3.63) is 35.9 Å². The van der Waals surface area contributed by atoms with Gasteiger partial charge in [-0.15, -0.1) is 0 Å². The van der Waals surface area contributed by atoms with Crippen LogP contribution in [0.3, 0.4) is 0 Å². The number of likely N-dealkylation sites (tertiary alicyclic amines) is 1. The number of carbonyl (C=O) groups excluding carboxylic acids is 1. The van der Waals surface area contributed by atoms with Crippen LogP contribution in [0.1, 0.15) is 32.3 Å². The summed E-state index contributed by atoms with van der Waals surface area (Å²) < 4.78 is 5.62. The Hall–Kier alpha value is -1.39. The van der Waals surface area contributed by atoms with Crippen molar-refractivity contribution in [2.45, 2.75) is 45.4 Å². The number of hydrogen-bond donors (Lipinski definition) is 1. The summed E-state index contributed by atoms with van der Waals surface area (Å²) in [5, 5.41) is 2.99. The lowest BCUT2D eigenvalue weighted by Gasteiger charge is -2.24. The summed E-state index contributed by atoms with van der Waals surface area (Å²) in [5.74, 6) is -0.0306. The zero-order valence-corrected chi connectivity index (χ0v) is 13.0. The van der Waals surface area contributed by atoms with E-state index in [4.69, 9.17) is 4.74 Å². The van der Waals surface area contributed by atoms with Gasteiger partial charge >= 0.3 is 0 Å². The SMILES string of the molecule is CC(OCc1ccccc1)C(=O)NCC(C)N1CCCC1. The average molecular weight is 290 g/mol. The normalized spacial score (nSPS) is 18.4. The van der Waals surface area contributed by atoms with Gasteiger partial charge in [0, 0.05) is 12.6 Å². The molecule has 0 spiro atoms. The maximum absolute atomic E-state index is 12.0. The molecule has 0 aromatic heterocycles. The molecule has 0 aliphatic carbocycles. The van der Waals surface area contributed by atoms with Crippen LogP contribution >= 0.6 is 0 Å². The van der Waals surface area contributed by atoms with Crippen molar-refractivity contribution in [1.82, 2.24) is 10.2 Å². The van der Waals surface area contributed by atoms with E-state index in [-0.39, 0.29) is 5.91 Å². The number of nitrogens with one attached hydrogen (secondary N) is 1. The van der Waals surface area contributed by atoms with E-state index in [1.165, 1.54) is 12.8 Å². The number of ether oxygens (including phenoxy) is 1. The molecule has 1 N–H and O–H groups in total. The van der Waals surface area contributed by atoms with E-state index in [1.54, 1.807) is 6.92 Å². The van der Waals surface area contributed by atoms with Gasteiger partial charge in [0.25, 0.3) is 0 Å². The Labute approximate surface area is 127 Å². The van der Waals surface area contributed by atoms with Crippen LogP contribution in [0.4, 0.5) is 0 Å². The van der Waals surface area contributed by atoms with Crippen molar-refractivity contribution in [3.63, 3.8) is 0 Å².